The molecule has 0 bridgehead atoms. The van der Waals surface area contributed by atoms with E-state index in [4.69, 9.17) is 5.73 Å². The molecule has 1 heterocycles. The van der Waals surface area contributed by atoms with Crippen LogP contribution >= 0.6 is 0 Å². The van der Waals surface area contributed by atoms with E-state index in [0.29, 0.717) is 12.0 Å². The molecule has 1 aromatic rings. The lowest BCUT2D eigenvalue weighted by Gasteiger charge is -2.36. The topological polar surface area (TPSA) is 42.1 Å². The summed E-state index contributed by atoms with van der Waals surface area (Å²) in [4.78, 5) is 6.76. The van der Waals surface area contributed by atoms with Crippen molar-refractivity contribution in [1.82, 2.24) is 9.88 Å². The van der Waals surface area contributed by atoms with Crippen LogP contribution in [0.1, 0.15) is 38.3 Å². The van der Waals surface area contributed by atoms with E-state index in [1.165, 1.54) is 25.7 Å². The van der Waals surface area contributed by atoms with Gasteiger partial charge in [0.2, 0.25) is 0 Å². The van der Waals surface area contributed by atoms with Gasteiger partial charge < -0.3 is 10.6 Å². The first-order valence-electron chi connectivity index (χ1n) is 7.53. The highest BCUT2D eigenvalue weighted by atomic mass is 15.1. The molecule has 1 aliphatic rings. The zero-order valence-electron chi connectivity index (χ0n) is 12.3. The van der Waals surface area contributed by atoms with E-state index in [1.807, 2.05) is 12.3 Å². The lowest BCUT2D eigenvalue weighted by Crippen LogP contribution is -2.42. The van der Waals surface area contributed by atoms with Crippen molar-refractivity contribution in [1.29, 1.82) is 0 Å². The van der Waals surface area contributed by atoms with Gasteiger partial charge in [0.15, 0.2) is 0 Å². The number of nitrogens with zero attached hydrogens (tertiary/aromatic N) is 2. The molecule has 0 aromatic carbocycles. The summed E-state index contributed by atoms with van der Waals surface area (Å²) < 4.78 is 0. The molecular formula is C16H27N3. The molecule has 3 nitrogen and oxygen atoms in total. The van der Waals surface area contributed by atoms with Crippen LogP contribution in [0, 0.1) is 11.8 Å². The molecule has 0 amide bonds. The highest BCUT2D eigenvalue weighted by Gasteiger charge is 2.27. The van der Waals surface area contributed by atoms with Crippen LogP contribution in [0.25, 0.3) is 0 Å². The second kappa shape index (κ2) is 7.01. The molecule has 0 radical (unpaired) electrons. The summed E-state index contributed by atoms with van der Waals surface area (Å²) in [6.07, 6.45) is 6.97. The van der Waals surface area contributed by atoms with Gasteiger partial charge in [-0.15, -0.1) is 0 Å². The molecule has 3 unspecified atom stereocenters. The summed E-state index contributed by atoms with van der Waals surface area (Å²) in [7, 11) is 2.18. The van der Waals surface area contributed by atoms with Crippen molar-refractivity contribution in [3.63, 3.8) is 0 Å². The van der Waals surface area contributed by atoms with Gasteiger partial charge in [0, 0.05) is 25.3 Å². The van der Waals surface area contributed by atoms with Crippen molar-refractivity contribution < 1.29 is 0 Å². The molecule has 3 atom stereocenters. The Hall–Kier alpha value is -0.930. The molecule has 2 N–H and O–H groups in total. The van der Waals surface area contributed by atoms with Gasteiger partial charge in [-0.05, 0) is 50.3 Å². The van der Waals surface area contributed by atoms with E-state index in [2.05, 4.69) is 36.0 Å². The first kappa shape index (κ1) is 14.5. The molecule has 0 spiro atoms. The third-order valence-electron chi connectivity index (χ3n) is 4.43. The maximum atomic E-state index is 6.30. The zero-order valence-corrected chi connectivity index (χ0v) is 12.3. The van der Waals surface area contributed by atoms with Gasteiger partial charge in [0.05, 0.1) is 5.69 Å². The number of hydrogen-bond donors (Lipinski definition) is 1. The highest BCUT2D eigenvalue weighted by Crippen LogP contribution is 2.30. The maximum absolute atomic E-state index is 6.30. The quantitative estimate of drug-likeness (QED) is 0.886. The van der Waals surface area contributed by atoms with E-state index in [1.54, 1.807) is 0 Å². The normalized spacial score (nSPS) is 27.7. The van der Waals surface area contributed by atoms with Crippen LogP contribution in [-0.2, 0) is 6.54 Å². The number of rotatable bonds is 5. The summed E-state index contributed by atoms with van der Waals surface area (Å²) in [6.45, 7) is 4.31. The predicted octanol–water partition coefficient (Wildman–Crippen LogP) is 2.67. The lowest BCUT2D eigenvalue weighted by molar-refractivity contribution is 0.167. The summed E-state index contributed by atoms with van der Waals surface area (Å²) in [5, 5.41) is 0. The van der Waals surface area contributed by atoms with Crippen molar-refractivity contribution in [2.24, 2.45) is 17.6 Å². The Morgan fingerprint density at radius 1 is 1.37 bits per heavy atom. The van der Waals surface area contributed by atoms with E-state index in [0.717, 1.165) is 24.7 Å². The number of pyridine rings is 1. The molecular weight excluding hydrogens is 234 g/mol. The summed E-state index contributed by atoms with van der Waals surface area (Å²) in [6, 6.07) is 6.49. The van der Waals surface area contributed by atoms with Crippen LogP contribution in [0.5, 0.6) is 0 Å². The van der Waals surface area contributed by atoms with Crippen LogP contribution in [0.2, 0.25) is 0 Å². The average Bonchev–Trinajstić information content (AvgIpc) is 2.42. The van der Waals surface area contributed by atoms with E-state index < -0.39 is 0 Å². The first-order valence-corrected chi connectivity index (χ1v) is 7.53. The zero-order chi connectivity index (χ0) is 13.7. The molecule has 2 rings (SSSR count). The van der Waals surface area contributed by atoms with Gasteiger partial charge in [-0.2, -0.15) is 0 Å². The summed E-state index contributed by atoms with van der Waals surface area (Å²) in [5.74, 6) is 1.53. The van der Waals surface area contributed by atoms with Crippen LogP contribution in [0.3, 0.4) is 0 Å². The Labute approximate surface area is 117 Å². The number of hydrogen-bond acceptors (Lipinski definition) is 3. The molecule has 1 saturated carbocycles. The monoisotopic (exact) mass is 261 g/mol. The third-order valence-corrected chi connectivity index (χ3v) is 4.43. The smallest absolute Gasteiger partial charge is 0.0543 e. The van der Waals surface area contributed by atoms with Crippen molar-refractivity contribution in [2.75, 3.05) is 13.6 Å². The van der Waals surface area contributed by atoms with E-state index in [9.17, 15) is 0 Å². The summed E-state index contributed by atoms with van der Waals surface area (Å²) in [5.41, 5.74) is 7.44. The third kappa shape index (κ3) is 4.29. The molecule has 19 heavy (non-hydrogen) atoms. The van der Waals surface area contributed by atoms with Gasteiger partial charge in [-0.1, -0.05) is 19.4 Å². The molecule has 1 fully saturated rings. The van der Waals surface area contributed by atoms with E-state index >= 15 is 0 Å². The van der Waals surface area contributed by atoms with Gasteiger partial charge in [0.1, 0.15) is 0 Å². The molecule has 1 aliphatic carbocycles. The highest BCUT2D eigenvalue weighted by molar-refractivity contribution is 5.03. The van der Waals surface area contributed by atoms with Gasteiger partial charge in [0.25, 0.3) is 0 Å². The second-order valence-corrected chi connectivity index (χ2v) is 6.03. The Balaban J connectivity index is 1.85. The number of nitrogens with two attached hydrogens (primary N) is 1. The molecule has 0 aliphatic heterocycles. The van der Waals surface area contributed by atoms with Crippen molar-refractivity contribution in [3.8, 4) is 0 Å². The fourth-order valence-corrected chi connectivity index (χ4v) is 3.20. The van der Waals surface area contributed by atoms with Crippen LogP contribution < -0.4 is 5.73 Å². The Kier molecular flexibility index (Phi) is 5.34. The molecule has 1 aromatic heterocycles. The minimum absolute atomic E-state index is 0.383. The van der Waals surface area contributed by atoms with Crippen LogP contribution in [-0.4, -0.2) is 29.5 Å². The van der Waals surface area contributed by atoms with Crippen molar-refractivity contribution >= 4 is 0 Å². The van der Waals surface area contributed by atoms with Gasteiger partial charge >= 0.3 is 0 Å². The fourth-order valence-electron chi connectivity index (χ4n) is 3.20. The van der Waals surface area contributed by atoms with Crippen LogP contribution in [0.15, 0.2) is 24.4 Å². The predicted molar refractivity (Wildman–Crippen MR) is 79.7 cm³/mol. The minimum Gasteiger partial charge on any atom is -0.327 e. The fraction of sp³-hybridized carbons (Fsp3) is 0.688. The minimum atomic E-state index is 0.383. The molecule has 106 valence electrons. The Morgan fingerprint density at radius 2 is 2.21 bits per heavy atom. The van der Waals surface area contributed by atoms with Crippen LogP contribution in [0.4, 0.5) is 0 Å². The molecule has 0 saturated heterocycles. The van der Waals surface area contributed by atoms with E-state index in [-0.39, 0.29) is 0 Å². The SMILES string of the molecule is CCC1CCC(N)C(CN(C)Cc2ccccn2)C1. The van der Waals surface area contributed by atoms with Crippen molar-refractivity contribution in [3.05, 3.63) is 30.1 Å². The average molecular weight is 261 g/mol. The number of aromatic nitrogens is 1. The maximum Gasteiger partial charge on any atom is 0.0543 e. The second-order valence-electron chi connectivity index (χ2n) is 6.03. The Bertz CT molecular complexity index is 366. The van der Waals surface area contributed by atoms with Crippen molar-refractivity contribution in [2.45, 2.75) is 45.2 Å². The lowest BCUT2D eigenvalue weighted by atomic mass is 9.77. The van der Waals surface area contributed by atoms with Gasteiger partial charge in [-0.3, -0.25) is 4.98 Å². The standard InChI is InChI=1S/C16H27N3/c1-3-13-7-8-16(17)14(10-13)11-19(2)12-15-6-4-5-9-18-15/h4-6,9,13-14,16H,3,7-8,10-12,17H2,1-2H3. The Morgan fingerprint density at radius 3 is 2.89 bits per heavy atom. The first-order chi connectivity index (χ1) is 9.19. The largest absolute Gasteiger partial charge is 0.327 e. The summed E-state index contributed by atoms with van der Waals surface area (Å²) >= 11 is 0. The van der Waals surface area contributed by atoms with Gasteiger partial charge in [-0.25, -0.2) is 0 Å². The molecule has 3 heteroatoms.